The zero-order valence-corrected chi connectivity index (χ0v) is 18.0. The van der Waals surface area contributed by atoms with E-state index in [1.54, 1.807) is 19.0 Å². The predicted octanol–water partition coefficient (Wildman–Crippen LogP) is 2.79. The van der Waals surface area contributed by atoms with Crippen LogP contribution in [0.2, 0.25) is 0 Å². The van der Waals surface area contributed by atoms with E-state index in [2.05, 4.69) is 41.2 Å². The maximum absolute atomic E-state index is 12.6. The molecule has 0 spiro atoms. The Bertz CT molecular complexity index is 912. The van der Waals surface area contributed by atoms with Crippen molar-refractivity contribution in [2.45, 2.75) is 64.3 Å². The predicted molar refractivity (Wildman–Crippen MR) is 114 cm³/mol. The fraction of sp³-hybridized carbons (Fsp3) is 0.619. The number of nitrogens with zero attached hydrogens (tertiary/aromatic N) is 5. The molecule has 2 N–H and O–H groups in total. The van der Waals surface area contributed by atoms with Gasteiger partial charge in [0, 0.05) is 43.4 Å². The van der Waals surface area contributed by atoms with Crippen LogP contribution in [0.25, 0.3) is 0 Å². The monoisotopic (exact) mass is 397 g/mol. The van der Waals surface area contributed by atoms with Gasteiger partial charge >= 0.3 is 0 Å². The lowest BCUT2D eigenvalue weighted by Gasteiger charge is -2.27. The van der Waals surface area contributed by atoms with Crippen LogP contribution in [0.5, 0.6) is 0 Å². The number of aromatic amines is 1. The van der Waals surface area contributed by atoms with Crippen LogP contribution in [0.4, 0.5) is 17.6 Å². The molecule has 1 amide bonds. The van der Waals surface area contributed by atoms with Crippen molar-refractivity contribution in [2.75, 3.05) is 30.9 Å². The minimum Gasteiger partial charge on any atom is -0.347 e. The number of likely N-dealkylation sites (N-methyl/N-ethyl adjacent to an activating group) is 1. The number of hydrogen-bond acceptors (Lipinski definition) is 6. The first-order valence-corrected chi connectivity index (χ1v) is 10.4. The summed E-state index contributed by atoms with van der Waals surface area (Å²) in [6, 6.07) is 1.85. The number of rotatable bonds is 4. The van der Waals surface area contributed by atoms with Crippen LogP contribution in [-0.2, 0) is 23.1 Å². The van der Waals surface area contributed by atoms with Crippen molar-refractivity contribution in [1.82, 2.24) is 25.1 Å². The van der Waals surface area contributed by atoms with Crippen molar-refractivity contribution in [1.29, 1.82) is 0 Å². The molecule has 3 heterocycles. The Morgan fingerprint density at radius 1 is 1.24 bits per heavy atom. The van der Waals surface area contributed by atoms with Crippen molar-refractivity contribution in [3.8, 4) is 0 Å². The fourth-order valence-corrected chi connectivity index (χ4v) is 4.10. The summed E-state index contributed by atoms with van der Waals surface area (Å²) in [5.74, 6) is 2.34. The molecule has 4 rings (SSSR count). The molecule has 0 aromatic carbocycles. The summed E-state index contributed by atoms with van der Waals surface area (Å²) in [7, 11) is 3.61. The summed E-state index contributed by atoms with van der Waals surface area (Å²) in [4.78, 5) is 26.1. The molecule has 2 aromatic heterocycles. The lowest BCUT2D eigenvalue weighted by Crippen LogP contribution is -2.43. The maximum Gasteiger partial charge on any atom is 0.244 e. The Kier molecular flexibility index (Phi) is 4.96. The Morgan fingerprint density at radius 3 is 2.72 bits per heavy atom. The second kappa shape index (κ2) is 7.31. The number of amides is 1. The molecule has 1 atom stereocenters. The molecule has 1 aliphatic heterocycles. The molecular formula is C21H31N7O. The average Bonchev–Trinajstić information content (AvgIpc) is 3.39. The molecule has 0 bridgehead atoms. The van der Waals surface area contributed by atoms with Crippen molar-refractivity contribution >= 4 is 23.5 Å². The van der Waals surface area contributed by atoms with E-state index in [4.69, 9.17) is 9.97 Å². The van der Waals surface area contributed by atoms with Gasteiger partial charge < -0.3 is 15.1 Å². The molecule has 2 aliphatic rings. The summed E-state index contributed by atoms with van der Waals surface area (Å²) >= 11 is 0. The zero-order valence-electron chi connectivity index (χ0n) is 18.0. The van der Waals surface area contributed by atoms with Gasteiger partial charge in [-0.3, -0.25) is 9.89 Å². The molecule has 1 fully saturated rings. The Morgan fingerprint density at radius 2 is 2.03 bits per heavy atom. The van der Waals surface area contributed by atoms with E-state index < -0.39 is 0 Å². The van der Waals surface area contributed by atoms with Crippen LogP contribution in [0.1, 0.15) is 57.0 Å². The van der Waals surface area contributed by atoms with E-state index in [1.807, 2.05) is 6.07 Å². The van der Waals surface area contributed by atoms with Crippen LogP contribution >= 0.6 is 0 Å². The Hall–Kier alpha value is -2.64. The van der Waals surface area contributed by atoms with E-state index in [0.29, 0.717) is 5.95 Å². The molecule has 8 heteroatoms. The van der Waals surface area contributed by atoms with Crippen LogP contribution in [0.15, 0.2) is 6.07 Å². The van der Waals surface area contributed by atoms with E-state index in [0.717, 1.165) is 61.7 Å². The standard InChI is InChI=1S/C21H31N7O/c1-21(2,3)16-12-17(26-25-16)23-18-13-8-6-9-14(13)22-20(24-18)28-11-7-10-15(28)19(29)27(4)5/h12,15H,6-11H2,1-5H3,(H2,22,23,24,25,26)/t15-/m1/s1. The molecule has 0 saturated carbocycles. The van der Waals surface area contributed by atoms with Crippen LogP contribution in [0, 0.1) is 0 Å². The Balaban J connectivity index is 1.66. The first-order chi connectivity index (χ1) is 13.7. The van der Waals surface area contributed by atoms with Gasteiger partial charge in [0.15, 0.2) is 5.82 Å². The highest BCUT2D eigenvalue weighted by Gasteiger charge is 2.34. The summed E-state index contributed by atoms with van der Waals surface area (Å²) < 4.78 is 0. The minimum absolute atomic E-state index is 0.00101. The first kappa shape index (κ1) is 19.7. The van der Waals surface area contributed by atoms with Crippen molar-refractivity contribution < 1.29 is 4.79 Å². The highest BCUT2D eigenvalue weighted by atomic mass is 16.2. The highest BCUT2D eigenvalue weighted by Crippen LogP contribution is 2.33. The topological polar surface area (TPSA) is 90.0 Å². The zero-order chi connectivity index (χ0) is 20.8. The third-order valence-electron chi connectivity index (χ3n) is 5.79. The van der Waals surface area contributed by atoms with Gasteiger partial charge in [0.2, 0.25) is 11.9 Å². The molecule has 1 aliphatic carbocycles. The number of nitrogens with one attached hydrogen (secondary N) is 2. The quantitative estimate of drug-likeness (QED) is 0.825. The fourth-order valence-electron chi connectivity index (χ4n) is 4.10. The molecule has 156 valence electrons. The summed E-state index contributed by atoms with van der Waals surface area (Å²) in [6.45, 7) is 7.26. The molecule has 2 aromatic rings. The minimum atomic E-state index is -0.185. The normalized spacial score (nSPS) is 18.8. The summed E-state index contributed by atoms with van der Waals surface area (Å²) in [6.07, 6.45) is 4.81. The lowest BCUT2D eigenvalue weighted by molar-refractivity contribution is -0.129. The second-order valence-corrected chi connectivity index (χ2v) is 9.28. The third-order valence-corrected chi connectivity index (χ3v) is 5.79. The van der Waals surface area contributed by atoms with Gasteiger partial charge in [0.1, 0.15) is 11.9 Å². The molecule has 29 heavy (non-hydrogen) atoms. The summed E-state index contributed by atoms with van der Waals surface area (Å²) in [5.41, 5.74) is 3.33. The van der Waals surface area contributed by atoms with Gasteiger partial charge in [0.05, 0.1) is 5.69 Å². The van der Waals surface area contributed by atoms with Crippen LogP contribution in [0.3, 0.4) is 0 Å². The van der Waals surface area contributed by atoms with Gasteiger partial charge in [0.25, 0.3) is 0 Å². The Labute approximate surface area is 172 Å². The van der Waals surface area contributed by atoms with E-state index >= 15 is 0 Å². The molecule has 0 unspecified atom stereocenters. The van der Waals surface area contributed by atoms with E-state index in [9.17, 15) is 4.79 Å². The molecule has 1 saturated heterocycles. The summed E-state index contributed by atoms with van der Waals surface area (Å²) in [5, 5.41) is 11.0. The molecular weight excluding hydrogens is 366 g/mol. The van der Waals surface area contributed by atoms with Crippen LogP contribution < -0.4 is 10.2 Å². The van der Waals surface area contributed by atoms with Gasteiger partial charge in [-0.1, -0.05) is 20.8 Å². The van der Waals surface area contributed by atoms with Gasteiger partial charge in [-0.05, 0) is 32.1 Å². The largest absolute Gasteiger partial charge is 0.347 e. The van der Waals surface area contributed by atoms with Crippen molar-refractivity contribution in [3.05, 3.63) is 23.0 Å². The van der Waals surface area contributed by atoms with E-state index in [-0.39, 0.29) is 17.4 Å². The number of anilines is 3. The SMILES string of the molecule is CN(C)C(=O)[C@H]1CCCN1c1nc2c(c(Nc3cc(C(C)(C)C)[nH]n3)n1)CCC2. The lowest BCUT2D eigenvalue weighted by atomic mass is 9.92. The average molecular weight is 398 g/mol. The first-order valence-electron chi connectivity index (χ1n) is 10.4. The number of aryl methyl sites for hydroxylation is 1. The number of aromatic nitrogens is 4. The number of H-pyrrole nitrogens is 1. The van der Waals surface area contributed by atoms with Gasteiger partial charge in [-0.2, -0.15) is 10.1 Å². The van der Waals surface area contributed by atoms with Gasteiger partial charge in [-0.25, -0.2) is 4.98 Å². The van der Waals surface area contributed by atoms with E-state index in [1.165, 1.54) is 5.56 Å². The van der Waals surface area contributed by atoms with Gasteiger partial charge in [-0.15, -0.1) is 0 Å². The maximum atomic E-state index is 12.6. The molecule has 8 nitrogen and oxygen atoms in total. The number of carbonyl (C=O) groups is 1. The third kappa shape index (κ3) is 3.80. The second-order valence-electron chi connectivity index (χ2n) is 9.28. The molecule has 0 radical (unpaired) electrons. The van der Waals surface area contributed by atoms with Crippen LogP contribution in [-0.4, -0.2) is 57.7 Å². The number of carbonyl (C=O) groups excluding carboxylic acids is 1. The highest BCUT2D eigenvalue weighted by molar-refractivity contribution is 5.85. The van der Waals surface area contributed by atoms with Crippen molar-refractivity contribution in [2.24, 2.45) is 0 Å². The smallest absolute Gasteiger partial charge is 0.244 e. The van der Waals surface area contributed by atoms with Crippen molar-refractivity contribution in [3.63, 3.8) is 0 Å². The number of hydrogen-bond donors (Lipinski definition) is 2. The number of fused-ring (bicyclic) bond motifs is 1.